The smallest absolute Gasteiger partial charge is 0.120 e. The number of hydrogen-bond donors (Lipinski definition) is 2. The molecule has 1 atom stereocenters. The van der Waals surface area contributed by atoms with Gasteiger partial charge in [-0.2, -0.15) is 0 Å². The van der Waals surface area contributed by atoms with Crippen LogP contribution in [0.15, 0.2) is 40.9 Å². The Bertz CT molecular complexity index is 595. The molecule has 1 unspecified atom stereocenters. The monoisotopic (exact) mass is 319 g/mol. The molecule has 0 saturated heterocycles. The molecule has 0 fully saturated rings. The lowest BCUT2D eigenvalue weighted by atomic mass is 10.0. The number of aromatic hydroxyl groups is 1. The molecule has 19 heavy (non-hydrogen) atoms. The first kappa shape index (κ1) is 13.9. The molecular formula is C16H18BrNO. The molecule has 0 aromatic heterocycles. The maximum Gasteiger partial charge on any atom is 0.120 e. The fraction of sp³-hybridized carbons (Fsp3) is 0.250. The lowest BCUT2D eigenvalue weighted by Crippen LogP contribution is -2.08. The Hall–Kier alpha value is -1.48. The predicted molar refractivity (Wildman–Crippen MR) is 83.8 cm³/mol. The first-order valence-corrected chi connectivity index (χ1v) is 7.09. The van der Waals surface area contributed by atoms with Crippen molar-refractivity contribution in [3.63, 3.8) is 0 Å². The topological polar surface area (TPSA) is 32.3 Å². The summed E-state index contributed by atoms with van der Waals surface area (Å²) in [4.78, 5) is 0. The molecule has 3 heteroatoms. The van der Waals surface area contributed by atoms with E-state index in [9.17, 15) is 5.11 Å². The second kappa shape index (κ2) is 5.66. The summed E-state index contributed by atoms with van der Waals surface area (Å²) in [5.74, 6) is 0.328. The third-order valence-electron chi connectivity index (χ3n) is 3.21. The van der Waals surface area contributed by atoms with E-state index in [-0.39, 0.29) is 6.04 Å². The minimum Gasteiger partial charge on any atom is -0.508 e. The minimum atomic E-state index is 0.0398. The summed E-state index contributed by atoms with van der Waals surface area (Å²) in [6, 6.07) is 11.8. The second-order valence-corrected chi connectivity index (χ2v) is 5.66. The normalized spacial score (nSPS) is 12.2. The van der Waals surface area contributed by atoms with Gasteiger partial charge in [-0.15, -0.1) is 0 Å². The van der Waals surface area contributed by atoms with E-state index in [0.29, 0.717) is 5.75 Å². The van der Waals surface area contributed by atoms with Gasteiger partial charge in [0.15, 0.2) is 0 Å². The molecule has 0 aliphatic carbocycles. The zero-order valence-electron chi connectivity index (χ0n) is 11.4. The van der Waals surface area contributed by atoms with Gasteiger partial charge in [0, 0.05) is 15.7 Å². The van der Waals surface area contributed by atoms with Crippen molar-refractivity contribution in [1.82, 2.24) is 0 Å². The molecule has 0 heterocycles. The molecular weight excluding hydrogens is 302 g/mol. The van der Waals surface area contributed by atoms with Crippen molar-refractivity contribution in [2.24, 2.45) is 0 Å². The number of rotatable bonds is 3. The standard InChI is InChI=1S/C16H18BrNO/c1-10-7-8-15(19)13(9-10)12(3)18-14-6-4-5-11(2)16(14)17/h4-9,12,18-19H,1-3H3. The molecule has 0 aliphatic rings. The predicted octanol–water partition coefficient (Wildman–Crippen LogP) is 4.94. The van der Waals surface area contributed by atoms with E-state index in [4.69, 9.17) is 0 Å². The quantitative estimate of drug-likeness (QED) is 0.839. The lowest BCUT2D eigenvalue weighted by molar-refractivity contribution is 0.465. The van der Waals surface area contributed by atoms with E-state index in [2.05, 4.69) is 34.2 Å². The Balaban J connectivity index is 2.28. The molecule has 2 rings (SSSR count). The third kappa shape index (κ3) is 3.10. The van der Waals surface area contributed by atoms with Crippen LogP contribution in [-0.2, 0) is 0 Å². The van der Waals surface area contributed by atoms with E-state index in [1.54, 1.807) is 6.07 Å². The van der Waals surface area contributed by atoms with E-state index in [0.717, 1.165) is 21.3 Å². The largest absolute Gasteiger partial charge is 0.508 e. The van der Waals surface area contributed by atoms with Gasteiger partial charge in [-0.1, -0.05) is 29.8 Å². The van der Waals surface area contributed by atoms with Gasteiger partial charge in [0.1, 0.15) is 5.75 Å². The number of aryl methyl sites for hydroxylation is 2. The van der Waals surface area contributed by atoms with Crippen LogP contribution in [0.2, 0.25) is 0 Å². The first-order chi connectivity index (χ1) is 8.99. The molecule has 0 saturated carbocycles. The van der Waals surface area contributed by atoms with Crippen LogP contribution in [0.5, 0.6) is 5.75 Å². The van der Waals surface area contributed by atoms with E-state index >= 15 is 0 Å². The van der Waals surface area contributed by atoms with E-state index < -0.39 is 0 Å². The summed E-state index contributed by atoms with van der Waals surface area (Å²) in [5.41, 5.74) is 4.28. The maximum atomic E-state index is 9.96. The van der Waals surface area contributed by atoms with Crippen molar-refractivity contribution in [2.45, 2.75) is 26.8 Å². The molecule has 0 amide bonds. The Morgan fingerprint density at radius 1 is 1.16 bits per heavy atom. The number of phenols is 1. The molecule has 0 bridgehead atoms. The molecule has 2 N–H and O–H groups in total. The van der Waals surface area contributed by atoms with E-state index in [1.165, 1.54) is 5.56 Å². The molecule has 2 nitrogen and oxygen atoms in total. The Morgan fingerprint density at radius 2 is 1.89 bits per heavy atom. The van der Waals surface area contributed by atoms with Gasteiger partial charge >= 0.3 is 0 Å². The second-order valence-electron chi connectivity index (χ2n) is 4.86. The number of benzene rings is 2. The Morgan fingerprint density at radius 3 is 2.63 bits per heavy atom. The summed E-state index contributed by atoms with van der Waals surface area (Å²) in [7, 11) is 0. The number of phenolic OH excluding ortho intramolecular Hbond substituents is 1. The zero-order chi connectivity index (χ0) is 14.0. The Kier molecular flexibility index (Phi) is 4.15. The molecule has 0 spiro atoms. The van der Waals surface area contributed by atoms with Gasteiger partial charge in [0.05, 0.1) is 6.04 Å². The van der Waals surface area contributed by atoms with Crippen LogP contribution >= 0.6 is 15.9 Å². The van der Waals surface area contributed by atoms with Crippen molar-refractivity contribution >= 4 is 21.6 Å². The highest BCUT2D eigenvalue weighted by molar-refractivity contribution is 9.10. The summed E-state index contributed by atoms with van der Waals surface area (Å²) in [6.07, 6.45) is 0. The van der Waals surface area contributed by atoms with Crippen LogP contribution < -0.4 is 5.32 Å². The van der Waals surface area contributed by atoms with Crippen LogP contribution in [0.25, 0.3) is 0 Å². The average molecular weight is 320 g/mol. The Labute approximate surface area is 122 Å². The van der Waals surface area contributed by atoms with Gasteiger partial charge in [0.25, 0.3) is 0 Å². The molecule has 2 aromatic carbocycles. The van der Waals surface area contributed by atoms with Crippen LogP contribution in [-0.4, -0.2) is 5.11 Å². The fourth-order valence-corrected chi connectivity index (χ4v) is 2.47. The van der Waals surface area contributed by atoms with Crippen molar-refractivity contribution in [3.8, 4) is 5.75 Å². The number of hydrogen-bond acceptors (Lipinski definition) is 2. The van der Waals surface area contributed by atoms with Crippen LogP contribution in [0.1, 0.15) is 29.7 Å². The van der Waals surface area contributed by atoms with Gasteiger partial charge < -0.3 is 10.4 Å². The summed E-state index contributed by atoms with van der Waals surface area (Å²) < 4.78 is 1.06. The summed E-state index contributed by atoms with van der Waals surface area (Å²) in [6.45, 7) is 6.13. The van der Waals surface area contributed by atoms with Crippen LogP contribution in [0.3, 0.4) is 0 Å². The number of nitrogens with one attached hydrogen (secondary N) is 1. The summed E-state index contributed by atoms with van der Waals surface area (Å²) in [5, 5.41) is 13.4. The van der Waals surface area contributed by atoms with E-state index in [1.807, 2.05) is 38.1 Å². The minimum absolute atomic E-state index is 0.0398. The average Bonchev–Trinajstić information content (AvgIpc) is 2.38. The highest BCUT2D eigenvalue weighted by Gasteiger charge is 2.12. The zero-order valence-corrected chi connectivity index (χ0v) is 13.0. The molecule has 2 aromatic rings. The molecule has 100 valence electrons. The van der Waals surface area contributed by atoms with Crippen molar-refractivity contribution < 1.29 is 5.11 Å². The van der Waals surface area contributed by atoms with Gasteiger partial charge in [-0.05, 0) is 54.4 Å². The van der Waals surface area contributed by atoms with Crippen LogP contribution in [0, 0.1) is 13.8 Å². The lowest BCUT2D eigenvalue weighted by Gasteiger charge is -2.19. The van der Waals surface area contributed by atoms with Gasteiger partial charge in [0.2, 0.25) is 0 Å². The fourth-order valence-electron chi connectivity index (χ4n) is 2.09. The first-order valence-electron chi connectivity index (χ1n) is 6.30. The number of anilines is 1. The van der Waals surface area contributed by atoms with Gasteiger partial charge in [-0.25, -0.2) is 0 Å². The highest BCUT2D eigenvalue weighted by Crippen LogP contribution is 2.32. The molecule has 0 radical (unpaired) electrons. The maximum absolute atomic E-state index is 9.96. The van der Waals surface area contributed by atoms with Crippen molar-refractivity contribution in [3.05, 3.63) is 57.6 Å². The van der Waals surface area contributed by atoms with Crippen molar-refractivity contribution in [2.75, 3.05) is 5.32 Å². The van der Waals surface area contributed by atoms with Gasteiger partial charge in [-0.3, -0.25) is 0 Å². The highest BCUT2D eigenvalue weighted by atomic mass is 79.9. The van der Waals surface area contributed by atoms with Crippen molar-refractivity contribution in [1.29, 1.82) is 0 Å². The van der Waals surface area contributed by atoms with Crippen LogP contribution in [0.4, 0.5) is 5.69 Å². The third-order valence-corrected chi connectivity index (χ3v) is 4.27. The number of halogens is 1. The summed E-state index contributed by atoms with van der Waals surface area (Å²) >= 11 is 3.59. The molecule has 0 aliphatic heterocycles. The SMILES string of the molecule is Cc1ccc(O)c(C(C)Nc2cccc(C)c2Br)c1.